The second-order valence-corrected chi connectivity index (χ2v) is 4.74. The van der Waals surface area contributed by atoms with Crippen molar-refractivity contribution in [1.29, 1.82) is 0 Å². The number of nitrogens with zero attached hydrogens (tertiary/aromatic N) is 3. The maximum absolute atomic E-state index is 12.6. The Kier molecular flexibility index (Phi) is 5.43. The topological polar surface area (TPSA) is 56.5 Å². The van der Waals surface area contributed by atoms with Crippen LogP contribution in [0.25, 0.3) is 0 Å². The summed E-state index contributed by atoms with van der Waals surface area (Å²) in [6, 6.07) is 8.91. The molecule has 1 aromatic heterocycles. The van der Waals surface area contributed by atoms with Crippen LogP contribution in [0.5, 0.6) is 5.75 Å². The highest BCUT2D eigenvalue weighted by molar-refractivity contribution is 7.78. The van der Waals surface area contributed by atoms with Gasteiger partial charge in [-0.15, -0.1) is 0 Å². The molecule has 122 valence electrons. The molecule has 0 bridgehead atoms. The van der Waals surface area contributed by atoms with Crippen molar-refractivity contribution in [2.45, 2.75) is 19.3 Å². The Morgan fingerprint density at radius 1 is 1.30 bits per heavy atom. The first-order valence-electron chi connectivity index (χ1n) is 6.41. The van der Waals surface area contributed by atoms with E-state index in [0.29, 0.717) is 4.57 Å². The monoisotopic (exact) mass is 343 g/mol. The lowest BCUT2D eigenvalue weighted by atomic mass is 10.2. The van der Waals surface area contributed by atoms with Crippen LogP contribution in [0.3, 0.4) is 0 Å². The maximum atomic E-state index is 12.6. The summed E-state index contributed by atoms with van der Waals surface area (Å²) in [4.78, 5) is 15.9. The number of aromatic nitrogens is 2. The molecule has 2 aromatic rings. The third-order valence-electron chi connectivity index (χ3n) is 2.79. The Hall–Kier alpha value is -2.29. The molecule has 0 N–H and O–H groups in total. The third-order valence-corrected chi connectivity index (χ3v) is 2.91. The number of hydrogen-bond acceptors (Lipinski definition) is 5. The lowest BCUT2D eigenvalue weighted by molar-refractivity contribution is -0.141. The van der Waals surface area contributed by atoms with Gasteiger partial charge < -0.3 is 4.74 Å². The van der Waals surface area contributed by atoms with E-state index < -0.39 is 18.3 Å². The summed E-state index contributed by atoms with van der Waals surface area (Å²) in [7, 11) is 0. The van der Waals surface area contributed by atoms with Crippen molar-refractivity contribution < 1.29 is 17.9 Å². The summed E-state index contributed by atoms with van der Waals surface area (Å²) in [6.07, 6.45) is -2.55. The van der Waals surface area contributed by atoms with E-state index in [9.17, 15) is 18.0 Å². The van der Waals surface area contributed by atoms with Gasteiger partial charge >= 0.3 is 6.18 Å². The third kappa shape index (κ3) is 4.85. The number of thiol groups is 1. The molecule has 5 nitrogen and oxygen atoms in total. The fourth-order valence-electron chi connectivity index (χ4n) is 1.81. The van der Waals surface area contributed by atoms with Gasteiger partial charge in [0.25, 0.3) is 5.56 Å². The zero-order valence-corrected chi connectivity index (χ0v) is 12.6. The van der Waals surface area contributed by atoms with Crippen molar-refractivity contribution in [2.75, 3.05) is 0 Å². The van der Waals surface area contributed by atoms with Crippen LogP contribution < -0.4 is 10.3 Å². The zero-order valence-electron chi connectivity index (χ0n) is 11.7. The molecule has 0 aliphatic heterocycles. The van der Waals surface area contributed by atoms with Crippen LogP contribution in [0.4, 0.5) is 13.2 Å². The molecule has 0 saturated heterocycles. The minimum Gasteiger partial charge on any atom is -0.482 e. The molecule has 0 unspecified atom stereocenters. The summed E-state index contributed by atoms with van der Waals surface area (Å²) in [5.74, 6) is -0.524. The Morgan fingerprint density at radius 3 is 2.61 bits per heavy atom. The van der Waals surface area contributed by atoms with Crippen LogP contribution >= 0.6 is 12.8 Å². The molecule has 0 aliphatic rings. The summed E-state index contributed by atoms with van der Waals surface area (Å²) in [5.41, 5.74) is -0.160. The normalized spacial score (nSPS) is 11.8. The second-order valence-electron chi connectivity index (χ2n) is 4.51. The smallest absolute Gasteiger partial charge is 0.406 e. The standard InChI is InChI=1S/C14H12F3N3O2S/c15-14(16,17)9-20-12(7-19-23)18-6-11(13(20)21)22-8-10-4-2-1-3-5-10/h1-7,23H,8-9H2/b19-7+. The van der Waals surface area contributed by atoms with Gasteiger partial charge in [-0.2, -0.15) is 13.2 Å². The van der Waals surface area contributed by atoms with Gasteiger partial charge in [0.1, 0.15) is 13.2 Å². The Bertz CT molecular complexity index is 745. The highest BCUT2D eigenvalue weighted by Gasteiger charge is 2.30. The van der Waals surface area contributed by atoms with E-state index in [-0.39, 0.29) is 18.2 Å². The molecular weight excluding hydrogens is 331 g/mol. The lowest BCUT2D eigenvalue weighted by Crippen LogP contribution is -2.32. The van der Waals surface area contributed by atoms with Crippen LogP contribution in [0.2, 0.25) is 0 Å². The summed E-state index contributed by atoms with van der Waals surface area (Å²) >= 11 is 3.54. The molecular formula is C14H12F3N3O2S. The van der Waals surface area contributed by atoms with E-state index in [2.05, 4.69) is 22.2 Å². The number of alkyl halides is 3. The van der Waals surface area contributed by atoms with Crippen molar-refractivity contribution in [2.24, 2.45) is 4.40 Å². The first-order valence-corrected chi connectivity index (χ1v) is 6.81. The van der Waals surface area contributed by atoms with Gasteiger partial charge in [-0.05, 0) is 18.4 Å². The van der Waals surface area contributed by atoms with Crippen LogP contribution in [-0.2, 0) is 13.2 Å². The SMILES string of the molecule is O=c1c(OCc2ccccc2)cnc(/C=N/S)n1CC(F)(F)F. The van der Waals surface area contributed by atoms with E-state index in [0.717, 1.165) is 18.0 Å². The minimum atomic E-state index is -4.58. The van der Waals surface area contributed by atoms with Crippen LogP contribution in [0, 0.1) is 0 Å². The maximum Gasteiger partial charge on any atom is 0.406 e. The summed E-state index contributed by atoms with van der Waals surface area (Å²) < 4.78 is 46.9. The van der Waals surface area contributed by atoms with Crippen molar-refractivity contribution in [1.82, 2.24) is 9.55 Å². The average molecular weight is 343 g/mol. The number of hydrogen-bond donors (Lipinski definition) is 1. The largest absolute Gasteiger partial charge is 0.482 e. The van der Waals surface area contributed by atoms with Gasteiger partial charge in [-0.3, -0.25) is 9.36 Å². The molecule has 0 aliphatic carbocycles. The van der Waals surface area contributed by atoms with Gasteiger partial charge in [0, 0.05) is 0 Å². The van der Waals surface area contributed by atoms with E-state index in [4.69, 9.17) is 4.74 Å². The average Bonchev–Trinajstić information content (AvgIpc) is 2.50. The van der Waals surface area contributed by atoms with E-state index >= 15 is 0 Å². The molecule has 0 atom stereocenters. The highest BCUT2D eigenvalue weighted by atomic mass is 32.1. The van der Waals surface area contributed by atoms with Crippen LogP contribution in [0.15, 0.2) is 45.7 Å². The molecule has 0 amide bonds. The van der Waals surface area contributed by atoms with Gasteiger partial charge in [0.15, 0.2) is 5.82 Å². The summed E-state index contributed by atoms with van der Waals surface area (Å²) in [5, 5.41) is 0. The zero-order chi connectivity index (χ0) is 16.9. The van der Waals surface area contributed by atoms with Crippen molar-refractivity contribution in [3.8, 4) is 5.75 Å². The molecule has 9 heteroatoms. The van der Waals surface area contributed by atoms with Crippen molar-refractivity contribution in [3.63, 3.8) is 0 Å². The number of ether oxygens (including phenoxy) is 1. The van der Waals surface area contributed by atoms with Gasteiger partial charge in [-0.1, -0.05) is 30.3 Å². The molecule has 0 fully saturated rings. The first kappa shape index (κ1) is 17.1. The number of benzene rings is 1. The molecule has 2 rings (SSSR count). The quantitative estimate of drug-likeness (QED) is 0.671. The Balaban J connectivity index is 2.31. The fraction of sp³-hybridized carbons (Fsp3) is 0.214. The Labute approximate surface area is 135 Å². The highest BCUT2D eigenvalue weighted by Crippen LogP contribution is 2.18. The number of halogens is 3. The Morgan fingerprint density at radius 2 is 2.00 bits per heavy atom. The van der Waals surface area contributed by atoms with E-state index in [1.54, 1.807) is 24.3 Å². The predicted octanol–water partition coefficient (Wildman–Crippen LogP) is 2.65. The molecule has 0 spiro atoms. The fourth-order valence-corrected chi connectivity index (χ4v) is 1.91. The van der Waals surface area contributed by atoms with Crippen LogP contribution in [0.1, 0.15) is 11.4 Å². The van der Waals surface area contributed by atoms with Gasteiger partial charge in [-0.25, -0.2) is 9.38 Å². The van der Waals surface area contributed by atoms with Crippen molar-refractivity contribution in [3.05, 3.63) is 58.3 Å². The first-order chi connectivity index (χ1) is 10.9. The second kappa shape index (κ2) is 7.32. The van der Waals surface area contributed by atoms with Crippen molar-refractivity contribution >= 4 is 19.0 Å². The van der Waals surface area contributed by atoms with E-state index in [1.165, 1.54) is 0 Å². The van der Waals surface area contributed by atoms with Gasteiger partial charge in [0.05, 0.1) is 12.4 Å². The molecule has 1 heterocycles. The molecule has 0 radical (unpaired) electrons. The predicted molar refractivity (Wildman–Crippen MR) is 81.9 cm³/mol. The van der Waals surface area contributed by atoms with Gasteiger partial charge in [0.2, 0.25) is 5.75 Å². The molecule has 0 saturated carbocycles. The lowest BCUT2D eigenvalue weighted by Gasteiger charge is -2.13. The molecule has 1 aromatic carbocycles. The van der Waals surface area contributed by atoms with E-state index in [1.807, 2.05) is 6.07 Å². The molecule has 23 heavy (non-hydrogen) atoms. The van der Waals surface area contributed by atoms with Crippen LogP contribution in [-0.4, -0.2) is 21.9 Å². The minimum absolute atomic E-state index is 0.0454. The number of rotatable bonds is 5. The summed E-state index contributed by atoms with van der Waals surface area (Å²) in [6.45, 7) is -1.44.